The van der Waals surface area contributed by atoms with Crippen LogP contribution in [0.5, 0.6) is 11.5 Å². The van der Waals surface area contributed by atoms with Crippen LogP contribution in [0.3, 0.4) is 0 Å². The Morgan fingerprint density at radius 3 is 2.93 bits per heavy atom. The van der Waals surface area contributed by atoms with E-state index in [2.05, 4.69) is 15.4 Å². The molecule has 0 aromatic heterocycles. The van der Waals surface area contributed by atoms with Crippen LogP contribution >= 0.6 is 0 Å². The topological polar surface area (TPSA) is 106 Å². The van der Waals surface area contributed by atoms with E-state index in [9.17, 15) is 14.4 Å². The Kier molecular flexibility index (Phi) is 5.80. The Bertz CT molecular complexity index is 738. The Labute approximate surface area is 156 Å². The van der Waals surface area contributed by atoms with Gasteiger partial charge in [-0.1, -0.05) is 6.07 Å². The highest BCUT2D eigenvalue weighted by atomic mass is 16.7. The van der Waals surface area contributed by atoms with Gasteiger partial charge >= 0.3 is 5.97 Å². The molecule has 27 heavy (non-hydrogen) atoms. The molecule has 2 N–H and O–H groups in total. The number of amides is 2. The largest absolute Gasteiger partial charge is 0.469 e. The van der Waals surface area contributed by atoms with Crippen molar-refractivity contribution in [1.82, 2.24) is 15.5 Å². The normalized spacial score (nSPS) is 19.9. The van der Waals surface area contributed by atoms with Crippen LogP contribution in [-0.4, -0.2) is 62.3 Å². The summed E-state index contributed by atoms with van der Waals surface area (Å²) < 4.78 is 15.3. The molecule has 2 amide bonds. The van der Waals surface area contributed by atoms with E-state index in [1.54, 1.807) is 4.90 Å². The Morgan fingerprint density at radius 1 is 1.37 bits per heavy atom. The van der Waals surface area contributed by atoms with Gasteiger partial charge in [0.1, 0.15) is 6.04 Å². The summed E-state index contributed by atoms with van der Waals surface area (Å²) in [6.45, 7) is 2.99. The van der Waals surface area contributed by atoms with Crippen LogP contribution in [0, 0.1) is 0 Å². The van der Waals surface area contributed by atoms with Crippen molar-refractivity contribution in [2.75, 3.05) is 33.5 Å². The van der Waals surface area contributed by atoms with Crippen molar-refractivity contribution >= 4 is 17.8 Å². The molecule has 2 heterocycles. The number of carbonyl (C=O) groups excluding carboxylic acids is 3. The van der Waals surface area contributed by atoms with Gasteiger partial charge in [-0.3, -0.25) is 19.3 Å². The Hall–Kier alpha value is -2.81. The maximum absolute atomic E-state index is 12.5. The van der Waals surface area contributed by atoms with Gasteiger partial charge in [0.15, 0.2) is 11.5 Å². The van der Waals surface area contributed by atoms with E-state index in [1.165, 1.54) is 7.11 Å². The van der Waals surface area contributed by atoms with Crippen molar-refractivity contribution in [3.8, 4) is 11.5 Å². The fourth-order valence-corrected chi connectivity index (χ4v) is 3.15. The van der Waals surface area contributed by atoms with Crippen molar-refractivity contribution in [3.05, 3.63) is 23.8 Å². The first kappa shape index (κ1) is 19.0. The number of hydrogen-bond donors (Lipinski definition) is 2. The third-order valence-electron chi connectivity index (χ3n) is 4.65. The lowest BCUT2D eigenvalue weighted by Crippen LogP contribution is -2.58. The predicted molar refractivity (Wildman–Crippen MR) is 94.1 cm³/mol. The van der Waals surface area contributed by atoms with Crippen LogP contribution in [0.1, 0.15) is 24.9 Å². The quantitative estimate of drug-likeness (QED) is 0.670. The third kappa shape index (κ3) is 4.48. The first-order chi connectivity index (χ1) is 13.0. The molecule has 1 aromatic carbocycles. The van der Waals surface area contributed by atoms with Crippen LogP contribution < -0.4 is 20.1 Å². The van der Waals surface area contributed by atoms with Gasteiger partial charge in [0.05, 0.1) is 26.1 Å². The summed E-state index contributed by atoms with van der Waals surface area (Å²) in [4.78, 5) is 37.8. The van der Waals surface area contributed by atoms with Crippen LogP contribution in [0.25, 0.3) is 0 Å². The first-order valence-corrected chi connectivity index (χ1v) is 8.75. The summed E-state index contributed by atoms with van der Waals surface area (Å²) >= 11 is 0. The zero-order valence-corrected chi connectivity index (χ0v) is 15.3. The maximum atomic E-state index is 12.5. The number of carbonyl (C=O) groups is 3. The maximum Gasteiger partial charge on any atom is 0.307 e. The summed E-state index contributed by atoms with van der Waals surface area (Å²) in [6, 6.07) is 4.55. The molecule has 0 spiro atoms. The number of hydrogen-bond acceptors (Lipinski definition) is 7. The summed E-state index contributed by atoms with van der Waals surface area (Å²) in [5.41, 5.74) is 0.884. The standard InChI is InChI=1S/C18H23N3O6/c1-11(12-3-4-14-15(7-12)27-10-26-14)20-16(22)9-21-6-5-19-18(24)13(21)8-17(23)25-2/h3-4,7,11,13H,5-6,8-10H2,1-2H3,(H,19,24)(H,20,22)/t11-,13+/m0/s1. The first-order valence-electron chi connectivity index (χ1n) is 8.75. The molecular formula is C18H23N3O6. The Balaban J connectivity index is 1.60. The molecule has 1 fully saturated rings. The predicted octanol–water partition coefficient (Wildman–Crippen LogP) is -0.0440. The van der Waals surface area contributed by atoms with Crippen molar-refractivity contribution in [2.45, 2.75) is 25.4 Å². The van der Waals surface area contributed by atoms with E-state index >= 15 is 0 Å². The van der Waals surface area contributed by atoms with E-state index < -0.39 is 12.0 Å². The van der Waals surface area contributed by atoms with E-state index in [-0.39, 0.29) is 37.6 Å². The van der Waals surface area contributed by atoms with Crippen LogP contribution in [0.4, 0.5) is 0 Å². The number of piperazine rings is 1. The Morgan fingerprint density at radius 2 is 2.15 bits per heavy atom. The monoisotopic (exact) mass is 377 g/mol. The van der Waals surface area contributed by atoms with E-state index in [1.807, 2.05) is 25.1 Å². The molecule has 3 rings (SSSR count). The molecule has 2 aliphatic rings. The molecule has 0 bridgehead atoms. The van der Waals surface area contributed by atoms with Crippen molar-refractivity contribution in [1.29, 1.82) is 0 Å². The molecule has 1 saturated heterocycles. The third-order valence-corrected chi connectivity index (χ3v) is 4.65. The zero-order valence-electron chi connectivity index (χ0n) is 15.3. The number of rotatable bonds is 6. The molecule has 9 nitrogen and oxygen atoms in total. The van der Waals surface area contributed by atoms with Gasteiger partial charge < -0.3 is 24.8 Å². The van der Waals surface area contributed by atoms with E-state index in [0.29, 0.717) is 24.6 Å². The smallest absolute Gasteiger partial charge is 0.307 e. The summed E-state index contributed by atoms with van der Waals surface area (Å²) in [7, 11) is 1.27. The second kappa shape index (κ2) is 8.26. The highest BCUT2D eigenvalue weighted by Gasteiger charge is 2.33. The number of methoxy groups -OCH3 is 1. The number of nitrogens with zero attached hydrogens (tertiary/aromatic N) is 1. The lowest BCUT2D eigenvalue weighted by molar-refractivity contribution is -0.146. The van der Waals surface area contributed by atoms with Crippen LogP contribution in [0.2, 0.25) is 0 Å². The van der Waals surface area contributed by atoms with Gasteiger partial charge in [-0.05, 0) is 24.6 Å². The van der Waals surface area contributed by atoms with Gasteiger partial charge in [-0.25, -0.2) is 0 Å². The van der Waals surface area contributed by atoms with Crippen LogP contribution in [0.15, 0.2) is 18.2 Å². The number of benzene rings is 1. The fourth-order valence-electron chi connectivity index (χ4n) is 3.15. The summed E-state index contributed by atoms with van der Waals surface area (Å²) in [5.74, 6) is 0.339. The minimum Gasteiger partial charge on any atom is -0.469 e. The number of ether oxygens (including phenoxy) is 3. The lowest BCUT2D eigenvalue weighted by Gasteiger charge is -2.34. The van der Waals surface area contributed by atoms with Gasteiger partial charge in [0, 0.05) is 13.1 Å². The second-order valence-electron chi connectivity index (χ2n) is 6.46. The van der Waals surface area contributed by atoms with Crippen molar-refractivity contribution < 1.29 is 28.6 Å². The molecule has 9 heteroatoms. The summed E-state index contributed by atoms with van der Waals surface area (Å²) in [6.07, 6.45) is -0.0900. The number of fused-ring (bicyclic) bond motifs is 1. The van der Waals surface area contributed by atoms with E-state index in [4.69, 9.17) is 9.47 Å². The number of nitrogens with one attached hydrogen (secondary N) is 2. The SMILES string of the molecule is COC(=O)C[C@@H]1C(=O)NCCN1CC(=O)N[C@@H](C)c1ccc2c(c1)OCO2. The number of esters is 1. The molecule has 2 atom stereocenters. The highest BCUT2D eigenvalue weighted by Crippen LogP contribution is 2.34. The van der Waals surface area contributed by atoms with Gasteiger partial charge in [0.25, 0.3) is 0 Å². The molecule has 1 aromatic rings. The highest BCUT2D eigenvalue weighted by molar-refractivity contribution is 5.88. The average Bonchev–Trinajstić information content (AvgIpc) is 3.12. The average molecular weight is 377 g/mol. The van der Waals surface area contributed by atoms with Crippen LogP contribution in [-0.2, 0) is 19.1 Å². The minimum absolute atomic E-state index is 0.0178. The molecule has 0 saturated carbocycles. The van der Waals surface area contributed by atoms with Crippen molar-refractivity contribution in [2.24, 2.45) is 0 Å². The minimum atomic E-state index is -0.710. The fraction of sp³-hybridized carbons (Fsp3) is 0.500. The van der Waals surface area contributed by atoms with Gasteiger partial charge in [0.2, 0.25) is 18.6 Å². The molecule has 0 aliphatic carbocycles. The van der Waals surface area contributed by atoms with E-state index in [0.717, 1.165) is 5.56 Å². The molecule has 0 unspecified atom stereocenters. The molecular weight excluding hydrogens is 354 g/mol. The lowest BCUT2D eigenvalue weighted by atomic mass is 10.1. The van der Waals surface area contributed by atoms with Gasteiger partial charge in [-0.15, -0.1) is 0 Å². The molecule has 146 valence electrons. The van der Waals surface area contributed by atoms with Crippen molar-refractivity contribution in [3.63, 3.8) is 0 Å². The molecule has 0 radical (unpaired) electrons. The van der Waals surface area contributed by atoms with Gasteiger partial charge in [-0.2, -0.15) is 0 Å². The molecule has 2 aliphatic heterocycles. The second-order valence-corrected chi connectivity index (χ2v) is 6.46. The summed E-state index contributed by atoms with van der Waals surface area (Å²) in [5, 5.41) is 5.62. The zero-order chi connectivity index (χ0) is 19.4.